The third-order valence-electron chi connectivity index (χ3n) is 2.60. The fourth-order valence-electron chi connectivity index (χ4n) is 1.52. The lowest BCUT2D eigenvalue weighted by molar-refractivity contribution is -0.136. The number of hydrogen-bond acceptors (Lipinski definition) is 5. The minimum atomic E-state index is -0.872. The van der Waals surface area contributed by atoms with Crippen LogP contribution in [0.5, 0.6) is 5.75 Å². The van der Waals surface area contributed by atoms with E-state index in [9.17, 15) is 9.59 Å². The van der Waals surface area contributed by atoms with Gasteiger partial charge in [0.1, 0.15) is 5.75 Å². The van der Waals surface area contributed by atoms with E-state index in [4.69, 9.17) is 4.74 Å². The maximum Gasteiger partial charge on any atom is 0.329 e. The van der Waals surface area contributed by atoms with Crippen molar-refractivity contribution in [3.8, 4) is 5.75 Å². The highest BCUT2D eigenvalue weighted by Crippen LogP contribution is 2.14. The molecule has 1 aromatic carbocycles. The standard InChI is InChI=1S/C15H14N4O3/c1-22-13-7-5-11(6-8-13)18-14(20)15(21)19-17-10-12-4-2-3-9-16-12/h2-10H,1H3,(H,18,20)(H,19,21)/b17-10-. The minimum absolute atomic E-state index is 0.481. The lowest BCUT2D eigenvalue weighted by Gasteiger charge is -2.05. The molecule has 0 bridgehead atoms. The van der Waals surface area contributed by atoms with Crippen molar-refractivity contribution in [1.29, 1.82) is 0 Å². The molecule has 0 radical (unpaired) electrons. The summed E-state index contributed by atoms with van der Waals surface area (Å²) in [6.07, 6.45) is 2.94. The van der Waals surface area contributed by atoms with Crippen molar-refractivity contribution >= 4 is 23.7 Å². The number of nitrogens with one attached hydrogen (secondary N) is 2. The highest BCUT2D eigenvalue weighted by atomic mass is 16.5. The van der Waals surface area contributed by atoms with Crippen molar-refractivity contribution in [2.24, 2.45) is 5.10 Å². The van der Waals surface area contributed by atoms with E-state index in [-0.39, 0.29) is 0 Å². The number of amides is 2. The first kappa shape index (κ1) is 15.2. The van der Waals surface area contributed by atoms with Crippen LogP contribution >= 0.6 is 0 Å². The van der Waals surface area contributed by atoms with E-state index in [0.29, 0.717) is 17.1 Å². The zero-order valence-electron chi connectivity index (χ0n) is 11.8. The third kappa shape index (κ3) is 4.41. The Labute approximate surface area is 127 Å². The first-order chi connectivity index (χ1) is 10.7. The molecular weight excluding hydrogens is 284 g/mol. The number of hydrogen-bond donors (Lipinski definition) is 2. The monoisotopic (exact) mass is 298 g/mol. The molecule has 0 fully saturated rings. The highest BCUT2D eigenvalue weighted by molar-refractivity contribution is 6.39. The van der Waals surface area contributed by atoms with E-state index >= 15 is 0 Å². The number of methoxy groups -OCH3 is 1. The number of aromatic nitrogens is 1. The van der Waals surface area contributed by atoms with Crippen LogP contribution in [0.3, 0.4) is 0 Å². The first-order valence-electron chi connectivity index (χ1n) is 6.38. The van der Waals surface area contributed by atoms with Crippen LogP contribution in [0.4, 0.5) is 5.69 Å². The van der Waals surface area contributed by atoms with Gasteiger partial charge in [0, 0.05) is 11.9 Å². The molecule has 2 N–H and O–H groups in total. The normalized spacial score (nSPS) is 10.2. The number of ether oxygens (including phenoxy) is 1. The summed E-state index contributed by atoms with van der Waals surface area (Å²) >= 11 is 0. The van der Waals surface area contributed by atoms with Crippen LogP contribution < -0.4 is 15.5 Å². The van der Waals surface area contributed by atoms with Gasteiger partial charge in [-0.2, -0.15) is 5.10 Å². The second kappa shape index (κ2) is 7.53. The van der Waals surface area contributed by atoms with Gasteiger partial charge in [-0.05, 0) is 36.4 Å². The van der Waals surface area contributed by atoms with E-state index in [2.05, 4.69) is 20.8 Å². The van der Waals surface area contributed by atoms with E-state index in [1.165, 1.54) is 6.21 Å². The van der Waals surface area contributed by atoms with Crippen molar-refractivity contribution in [2.75, 3.05) is 12.4 Å². The van der Waals surface area contributed by atoms with E-state index in [0.717, 1.165) is 0 Å². The fraction of sp³-hybridized carbons (Fsp3) is 0.0667. The molecule has 2 rings (SSSR count). The van der Waals surface area contributed by atoms with Gasteiger partial charge < -0.3 is 10.1 Å². The Hall–Kier alpha value is -3.22. The summed E-state index contributed by atoms with van der Waals surface area (Å²) in [5.41, 5.74) is 3.18. The minimum Gasteiger partial charge on any atom is -0.497 e. The highest BCUT2D eigenvalue weighted by Gasteiger charge is 2.12. The maximum atomic E-state index is 11.7. The van der Waals surface area contributed by atoms with Crippen molar-refractivity contribution in [1.82, 2.24) is 10.4 Å². The molecule has 1 heterocycles. The van der Waals surface area contributed by atoms with Crippen LogP contribution in [-0.4, -0.2) is 30.1 Å². The summed E-state index contributed by atoms with van der Waals surface area (Å²) in [6, 6.07) is 11.9. The molecule has 0 atom stereocenters. The average molecular weight is 298 g/mol. The van der Waals surface area contributed by atoms with Gasteiger partial charge in [0.25, 0.3) is 0 Å². The average Bonchev–Trinajstić information content (AvgIpc) is 2.56. The maximum absolute atomic E-state index is 11.7. The Kier molecular flexibility index (Phi) is 5.20. The molecule has 0 saturated carbocycles. The molecule has 1 aromatic heterocycles. The van der Waals surface area contributed by atoms with E-state index in [1.54, 1.807) is 55.8 Å². The molecule has 0 saturated heterocycles. The van der Waals surface area contributed by atoms with Gasteiger partial charge in [-0.1, -0.05) is 6.07 Å². The number of carbonyl (C=O) groups excluding carboxylic acids is 2. The molecule has 2 amide bonds. The second-order valence-electron chi connectivity index (χ2n) is 4.14. The van der Waals surface area contributed by atoms with Gasteiger partial charge >= 0.3 is 11.8 Å². The Bertz CT molecular complexity index is 669. The summed E-state index contributed by atoms with van der Waals surface area (Å²) in [5, 5.41) is 6.11. The predicted molar refractivity (Wildman–Crippen MR) is 81.6 cm³/mol. The molecule has 0 aliphatic carbocycles. The van der Waals surface area contributed by atoms with Crippen LogP contribution in [0.1, 0.15) is 5.69 Å². The lowest BCUT2D eigenvalue weighted by Crippen LogP contribution is -2.32. The number of pyridine rings is 1. The Morgan fingerprint density at radius 3 is 2.55 bits per heavy atom. The molecule has 2 aromatic rings. The van der Waals surface area contributed by atoms with Gasteiger partial charge in [-0.15, -0.1) is 0 Å². The van der Waals surface area contributed by atoms with Crippen LogP contribution in [0.15, 0.2) is 53.8 Å². The summed E-state index contributed by atoms with van der Waals surface area (Å²) in [6.45, 7) is 0. The largest absolute Gasteiger partial charge is 0.497 e. The number of hydrazone groups is 1. The van der Waals surface area contributed by atoms with Gasteiger partial charge in [0.15, 0.2) is 0 Å². The number of nitrogens with zero attached hydrogens (tertiary/aromatic N) is 2. The molecule has 112 valence electrons. The number of carbonyl (C=O) groups is 2. The van der Waals surface area contributed by atoms with E-state index in [1.807, 2.05) is 0 Å². The SMILES string of the molecule is COc1ccc(NC(=O)C(=O)N/N=C\c2ccccn2)cc1. The zero-order chi connectivity index (χ0) is 15.8. The quantitative estimate of drug-likeness (QED) is 0.503. The number of benzene rings is 1. The second-order valence-corrected chi connectivity index (χ2v) is 4.14. The molecular formula is C15H14N4O3. The smallest absolute Gasteiger partial charge is 0.329 e. The van der Waals surface area contributed by atoms with Crippen LogP contribution in [0.25, 0.3) is 0 Å². The first-order valence-corrected chi connectivity index (χ1v) is 6.38. The van der Waals surface area contributed by atoms with E-state index < -0.39 is 11.8 Å². The zero-order valence-corrected chi connectivity index (χ0v) is 11.8. The Balaban J connectivity index is 1.86. The van der Waals surface area contributed by atoms with Crippen LogP contribution in [0.2, 0.25) is 0 Å². The molecule has 0 aliphatic heterocycles. The van der Waals surface area contributed by atoms with Crippen molar-refractivity contribution < 1.29 is 14.3 Å². The van der Waals surface area contributed by atoms with Crippen molar-refractivity contribution in [3.05, 3.63) is 54.4 Å². The molecule has 0 unspecified atom stereocenters. The Morgan fingerprint density at radius 1 is 1.14 bits per heavy atom. The summed E-state index contributed by atoms with van der Waals surface area (Å²) in [7, 11) is 1.54. The predicted octanol–water partition coefficient (Wildman–Crippen LogP) is 1.18. The number of anilines is 1. The molecule has 0 spiro atoms. The third-order valence-corrected chi connectivity index (χ3v) is 2.60. The summed E-state index contributed by atoms with van der Waals surface area (Å²) in [4.78, 5) is 27.2. The molecule has 22 heavy (non-hydrogen) atoms. The lowest BCUT2D eigenvalue weighted by atomic mass is 10.3. The van der Waals surface area contributed by atoms with Gasteiger partial charge in [-0.3, -0.25) is 14.6 Å². The van der Waals surface area contributed by atoms with Gasteiger partial charge in [0.05, 0.1) is 19.0 Å². The fourth-order valence-corrected chi connectivity index (χ4v) is 1.52. The van der Waals surface area contributed by atoms with Gasteiger partial charge in [-0.25, -0.2) is 5.43 Å². The van der Waals surface area contributed by atoms with Crippen LogP contribution in [-0.2, 0) is 9.59 Å². The van der Waals surface area contributed by atoms with Crippen LogP contribution in [0, 0.1) is 0 Å². The van der Waals surface area contributed by atoms with Crippen molar-refractivity contribution in [2.45, 2.75) is 0 Å². The van der Waals surface area contributed by atoms with Gasteiger partial charge in [0.2, 0.25) is 0 Å². The summed E-state index contributed by atoms with van der Waals surface area (Å²) in [5.74, 6) is -1.03. The number of rotatable bonds is 4. The molecule has 7 nitrogen and oxygen atoms in total. The summed E-state index contributed by atoms with van der Waals surface area (Å²) < 4.78 is 5.00. The molecule has 7 heteroatoms. The topological polar surface area (TPSA) is 92.7 Å². The molecule has 0 aliphatic rings. The van der Waals surface area contributed by atoms with Crippen molar-refractivity contribution in [3.63, 3.8) is 0 Å². The Morgan fingerprint density at radius 2 is 1.91 bits per heavy atom.